The first-order valence-electron chi connectivity index (χ1n) is 10.8. The largest absolute Gasteiger partial charge is 0.477 e. The van der Waals surface area contributed by atoms with Gasteiger partial charge >= 0.3 is 0 Å². The van der Waals surface area contributed by atoms with Crippen molar-refractivity contribution in [3.63, 3.8) is 0 Å². The molecule has 1 aromatic carbocycles. The first-order valence-corrected chi connectivity index (χ1v) is 10.8. The number of imidazole rings is 1. The molecule has 2 aliphatic heterocycles. The van der Waals surface area contributed by atoms with E-state index in [1.807, 2.05) is 6.20 Å². The third-order valence-corrected chi connectivity index (χ3v) is 6.24. The van der Waals surface area contributed by atoms with Crippen LogP contribution >= 0.6 is 0 Å². The van der Waals surface area contributed by atoms with E-state index in [0.717, 1.165) is 66.8 Å². The highest BCUT2D eigenvalue weighted by Gasteiger charge is 2.29. The number of nitrogens with one attached hydrogen (secondary N) is 1. The summed E-state index contributed by atoms with van der Waals surface area (Å²) in [7, 11) is 4.19. The van der Waals surface area contributed by atoms with Crippen molar-refractivity contribution in [2.75, 3.05) is 45.2 Å². The molecule has 1 unspecified atom stereocenters. The molecule has 0 spiro atoms. The number of fused-ring (bicyclic) bond motifs is 2. The van der Waals surface area contributed by atoms with Crippen molar-refractivity contribution in [3.05, 3.63) is 35.8 Å². The van der Waals surface area contributed by atoms with Gasteiger partial charge in [0.2, 0.25) is 5.88 Å². The first-order chi connectivity index (χ1) is 15.0. The molecule has 1 atom stereocenters. The number of aromatic amines is 1. The number of ether oxygens (including phenoxy) is 1. The van der Waals surface area contributed by atoms with Gasteiger partial charge in [-0.05, 0) is 51.4 Å². The van der Waals surface area contributed by atoms with Crippen LogP contribution in [0, 0.1) is 5.92 Å². The molecule has 0 radical (unpaired) electrons. The quantitative estimate of drug-likeness (QED) is 0.658. The zero-order valence-electron chi connectivity index (χ0n) is 18.0. The van der Waals surface area contributed by atoms with E-state index in [4.69, 9.17) is 10.5 Å². The van der Waals surface area contributed by atoms with E-state index < -0.39 is 5.91 Å². The van der Waals surface area contributed by atoms with Gasteiger partial charge in [-0.3, -0.25) is 4.79 Å². The molecule has 1 fully saturated rings. The molecule has 1 saturated heterocycles. The summed E-state index contributed by atoms with van der Waals surface area (Å²) < 4.78 is 5.68. The summed E-state index contributed by atoms with van der Waals surface area (Å²) in [4.78, 5) is 29.2. The molecule has 5 rings (SSSR count). The molecule has 8 heteroatoms. The number of hydrogen-bond acceptors (Lipinski definition) is 6. The second-order valence-electron chi connectivity index (χ2n) is 8.81. The number of hydrogen-bond donors (Lipinski definition) is 2. The number of carbonyl (C=O) groups excluding carboxylic acids is 1. The molecular formula is C23H28N6O2. The lowest BCUT2D eigenvalue weighted by Gasteiger charge is -2.24. The number of anilines is 1. The third-order valence-electron chi connectivity index (χ3n) is 6.24. The van der Waals surface area contributed by atoms with Crippen LogP contribution in [-0.2, 0) is 6.42 Å². The van der Waals surface area contributed by atoms with Crippen LogP contribution in [0.4, 0.5) is 5.69 Å². The van der Waals surface area contributed by atoms with Crippen molar-refractivity contribution in [3.8, 4) is 17.0 Å². The molecule has 1 amide bonds. The summed E-state index contributed by atoms with van der Waals surface area (Å²) in [5.74, 6) is 0.830. The summed E-state index contributed by atoms with van der Waals surface area (Å²) in [6.45, 7) is 3.53. The fourth-order valence-corrected chi connectivity index (χ4v) is 4.92. The Labute approximate surface area is 181 Å². The number of aromatic nitrogens is 3. The maximum absolute atomic E-state index is 12.5. The van der Waals surface area contributed by atoms with Crippen LogP contribution in [-0.4, -0.2) is 66.1 Å². The molecule has 31 heavy (non-hydrogen) atoms. The minimum Gasteiger partial charge on any atom is -0.477 e. The maximum atomic E-state index is 12.5. The highest BCUT2D eigenvalue weighted by Crippen LogP contribution is 2.38. The number of nitrogens with two attached hydrogens (primary N) is 1. The van der Waals surface area contributed by atoms with Crippen molar-refractivity contribution in [1.29, 1.82) is 0 Å². The van der Waals surface area contributed by atoms with E-state index >= 15 is 0 Å². The predicted octanol–water partition coefficient (Wildman–Crippen LogP) is 2.44. The summed E-state index contributed by atoms with van der Waals surface area (Å²) in [6, 6.07) is 4.20. The number of amides is 1. The van der Waals surface area contributed by atoms with Crippen LogP contribution in [0.1, 0.15) is 28.8 Å². The van der Waals surface area contributed by atoms with Crippen LogP contribution in [0.2, 0.25) is 0 Å². The molecule has 4 heterocycles. The van der Waals surface area contributed by atoms with Gasteiger partial charge in [0, 0.05) is 42.5 Å². The van der Waals surface area contributed by atoms with Crippen LogP contribution in [0.3, 0.4) is 0 Å². The van der Waals surface area contributed by atoms with Gasteiger partial charge in [0.15, 0.2) is 0 Å². The summed E-state index contributed by atoms with van der Waals surface area (Å²) in [5.41, 5.74) is 11.7. The number of carbonyl (C=O) groups is 1. The van der Waals surface area contributed by atoms with Crippen molar-refractivity contribution in [2.45, 2.75) is 19.3 Å². The van der Waals surface area contributed by atoms with E-state index in [-0.39, 0.29) is 0 Å². The Hall–Kier alpha value is -3.13. The van der Waals surface area contributed by atoms with Gasteiger partial charge in [-0.25, -0.2) is 9.97 Å². The highest BCUT2D eigenvalue weighted by atomic mass is 16.5. The van der Waals surface area contributed by atoms with Crippen molar-refractivity contribution >= 4 is 22.6 Å². The van der Waals surface area contributed by atoms with E-state index in [1.165, 1.54) is 0 Å². The Balaban J connectivity index is 1.62. The van der Waals surface area contributed by atoms with Crippen LogP contribution in [0.5, 0.6) is 5.88 Å². The average Bonchev–Trinajstić information content (AvgIpc) is 3.41. The van der Waals surface area contributed by atoms with Gasteiger partial charge in [0.1, 0.15) is 0 Å². The van der Waals surface area contributed by atoms with E-state index in [1.54, 1.807) is 6.33 Å². The minimum absolute atomic E-state index is 0.441. The Morgan fingerprint density at radius 3 is 3.03 bits per heavy atom. The number of rotatable bonds is 5. The van der Waals surface area contributed by atoms with Crippen LogP contribution < -0.4 is 15.4 Å². The van der Waals surface area contributed by atoms with Gasteiger partial charge in [-0.1, -0.05) is 0 Å². The Morgan fingerprint density at radius 1 is 1.35 bits per heavy atom. The van der Waals surface area contributed by atoms with Crippen LogP contribution in [0.25, 0.3) is 22.2 Å². The van der Waals surface area contributed by atoms with E-state index in [9.17, 15) is 4.79 Å². The number of H-pyrrole nitrogens is 1. The third kappa shape index (κ3) is 3.61. The number of primary amides is 1. The topological polar surface area (TPSA) is 100 Å². The molecule has 0 saturated carbocycles. The predicted molar refractivity (Wildman–Crippen MR) is 121 cm³/mol. The Morgan fingerprint density at radius 2 is 2.23 bits per heavy atom. The number of benzene rings is 1. The highest BCUT2D eigenvalue weighted by molar-refractivity contribution is 6.12. The van der Waals surface area contributed by atoms with Crippen molar-refractivity contribution in [1.82, 2.24) is 19.9 Å². The monoisotopic (exact) mass is 420 g/mol. The molecular weight excluding hydrogens is 392 g/mol. The minimum atomic E-state index is -0.441. The van der Waals surface area contributed by atoms with Gasteiger partial charge in [-0.2, -0.15) is 0 Å². The zero-order chi connectivity index (χ0) is 21.5. The molecule has 0 bridgehead atoms. The second kappa shape index (κ2) is 7.85. The summed E-state index contributed by atoms with van der Waals surface area (Å²) >= 11 is 0. The molecule has 3 N–H and O–H groups in total. The van der Waals surface area contributed by atoms with Crippen LogP contribution in [0.15, 0.2) is 24.7 Å². The second-order valence-corrected chi connectivity index (χ2v) is 8.81. The lowest BCUT2D eigenvalue weighted by atomic mass is 9.97. The first kappa shape index (κ1) is 19.8. The van der Waals surface area contributed by atoms with Gasteiger partial charge in [0.05, 0.1) is 35.2 Å². The lowest BCUT2D eigenvalue weighted by Crippen LogP contribution is -2.27. The number of aryl methyl sites for hydroxylation is 1. The molecule has 8 nitrogen and oxygen atoms in total. The van der Waals surface area contributed by atoms with E-state index in [0.29, 0.717) is 29.5 Å². The number of pyridine rings is 1. The molecule has 162 valence electrons. The Bertz CT molecular complexity index is 1140. The summed E-state index contributed by atoms with van der Waals surface area (Å²) in [6.07, 6.45) is 6.48. The van der Waals surface area contributed by atoms with E-state index in [2.05, 4.69) is 51.0 Å². The molecule has 2 aliphatic rings. The van der Waals surface area contributed by atoms with Gasteiger partial charge in [-0.15, -0.1) is 0 Å². The zero-order valence-corrected chi connectivity index (χ0v) is 18.0. The number of nitrogens with zero attached hydrogens (tertiary/aromatic N) is 4. The van der Waals surface area contributed by atoms with Crippen molar-refractivity contribution < 1.29 is 9.53 Å². The average molecular weight is 421 g/mol. The standard InChI is InChI=1S/C23H28N6O2/c1-28(2)11-14-5-6-29(12-14)18-9-17(20-21(27-13-26-20)19(18)22(24)30)16-8-15-4-3-7-31-23(15)25-10-16/h8-10,13-14H,3-7,11-12H2,1-2H3,(H2,24,30)(H,26,27). The normalized spacial score (nSPS) is 18.4. The molecule has 3 aromatic rings. The van der Waals surface area contributed by atoms with Gasteiger partial charge < -0.3 is 25.3 Å². The fraction of sp³-hybridized carbons (Fsp3) is 0.435. The lowest BCUT2D eigenvalue weighted by molar-refractivity contribution is 0.100. The van der Waals surface area contributed by atoms with Crippen molar-refractivity contribution in [2.24, 2.45) is 11.7 Å². The summed E-state index contributed by atoms with van der Waals surface area (Å²) in [5, 5.41) is 0. The smallest absolute Gasteiger partial charge is 0.253 e. The Kier molecular flexibility index (Phi) is 5.02. The molecule has 0 aliphatic carbocycles. The molecule has 2 aromatic heterocycles. The van der Waals surface area contributed by atoms with Gasteiger partial charge in [0.25, 0.3) is 5.91 Å². The maximum Gasteiger partial charge on any atom is 0.253 e. The fourth-order valence-electron chi connectivity index (χ4n) is 4.92. The SMILES string of the molecule is CN(C)CC1CCN(c2cc(-c3cnc4c(c3)CCCO4)c3nc[nH]c3c2C(N)=O)C1.